The zero-order valence-electron chi connectivity index (χ0n) is 9.73. The Labute approximate surface area is 106 Å². The fourth-order valence-electron chi connectivity index (χ4n) is 3.16. The second-order valence-corrected chi connectivity index (χ2v) is 7.18. The van der Waals surface area contributed by atoms with Crippen LogP contribution in [0.15, 0.2) is 18.2 Å². The molecule has 2 bridgehead atoms. The zero-order chi connectivity index (χ0) is 12.9. The largest absolute Gasteiger partial charge is 0.385 e. The molecule has 2 aliphatic heterocycles. The van der Waals surface area contributed by atoms with Gasteiger partial charge in [-0.15, -0.1) is 0 Å². The summed E-state index contributed by atoms with van der Waals surface area (Å²) in [6, 6.07) is 3.86. The highest BCUT2D eigenvalue weighted by Crippen LogP contribution is 2.46. The number of hydrogen-bond donors (Lipinski definition) is 1. The summed E-state index contributed by atoms with van der Waals surface area (Å²) >= 11 is 0. The molecule has 0 amide bonds. The molecule has 0 radical (unpaired) electrons. The Kier molecular flexibility index (Phi) is 2.79. The molecule has 0 aromatic heterocycles. The second-order valence-electron chi connectivity index (χ2n) is 5.19. The van der Waals surface area contributed by atoms with Gasteiger partial charge >= 0.3 is 0 Å². The lowest BCUT2D eigenvalue weighted by molar-refractivity contribution is 0.0144. The number of aliphatic hydroxyl groups is 1. The highest BCUT2D eigenvalue weighted by atomic mass is 32.2. The number of benzene rings is 1. The van der Waals surface area contributed by atoms with E-state index in [0.717, 1.165) is 18.9 Å². The molecule has 3 rings (SSSR count). The molecule has 2 aliphatic rings. The average molecular weight is 272 g/mol. The third-order valence-electron chi connectivity index (χ3n) is 4.05. The van der Waals surface area contributed by atoms with Crippen molar-refractivity contribution < 1.29 is 18.1 Å². The van der Waals surface area contributed by atoms with Crippen molar-refractivity contribution in [1.29, 1.82) is 0 Å². The molecule has 0 spiro atoms. The third-order valence-corrected chi connectivity index (χ3v) is 6.17. The molecule has 2 unspecified atom stereocenters. The summed E-state index contributed by atoms with van der Waals surface area (Å²) in [6.07, 6.45) is 2.13. The first kappa shape index (κ1) is 12.2. The summed E-state index contributed by atoms with van der Waals surface area (Å²) in [5, 5.41) is 10.4. The van der Waals surface area contributed by atoms with E-state index >= 15 is 0 Å². The predicted octanol–water partition coefficient (Wildman–Crippen LogP) is 2.23. The van der Waals surface area contributed by atoms with E-state index in [2.05, 4.69) is 0 Å². The van der Waals surface area contributed by atoms with Crippen LogP contribution >= 0.6 is 0 Å². The van der Waals surface area contributed by atoms with E-state index in [4.69, 9.17) is 0 Å². The minimum Gasteiger partial charge on any atom is -0.385 e. The van der Waals surface area contributed by atoms with E-state index < -0.39 is 28.0 Å². The van der Waals surface area contributed by atoms with Crippen LogP contribution in [0.4, 0.5) is 8.78 Å². The normalized spacial score (nSPS) is 38.9. The van der Waals surface area contributed by atoms with E-state index in [1.54, 1.807) is 0 Å². The average Bonchev–Trinajstić information content (AvgIpc) is 2.57. The smallest absolute Gasteiger partial charge is 0.164 e. The van der Waals surface area contributed by atoms with Crippen LogP contribution < -0.4 is 0 Å². The Morgan fingerprint density at radius 1 is 1.22 bits per heavy atom. The van der Waals surface area contributed by atoms with Gasteiger partial charge in [0.2, 0.25) is 0 Å². The van der Waals surface area contributed by atoms with E-state index in [0.29, 0.717) is 0 Å². The molecule has 2 nitrogen and oxygen atoms in total. The monoisotopic (exact) mass is 272 g/mol. The van der Waals surface area contributed by atoms with Crippen molar-refractivity contribution in [2.75, 3.05) is 0 Å². The Balaban J connectivity index is 2.01. The Bertz CT molecular complexity index is 502. The molecule has 2 saturated heterocycles. The first-order valence-electron chi connectivity index (χ1n) is 6.07. The predicted molar refractivity (Wildman–Crippen MR) is 64.4 cm³/mol. The van der Waals surface area contributed by atoms with Crippen molar-refractivity contribution >= 4 is 10.8 Å². The van der Waals surface area contributed by atoms with Crippen molar-refractivity contribution in [2.24, 2.45) is 0 Å². The fraction of sp³-hybridized carbons (Fsp3) is 0.538. The second kappa shape index (κ2) is 4.10. The van der Waals surface area contributed by atoms with Crippen LogP contribution in [-0.4, -0.2) is 19.8 Å². The lowest BCUT2D eigenvalue weighted by atomic mass is 9.85. The van der Waals surface area contributed by atoms with Gasteiger partial charge in [-0.05, 0) is 31.7 Å². The standard InChI is InChI=1S/C13H14F2O2S/c14-11-3-1-2-10(12(11)15)13(16)6-8-4-5-9(7-13)18(8)17/h1-3,8-9,16H,4-7H2. The van der Waals surface area contributed by atoms with Gasteiger partial charge in [-0.3, -0.25) is 4.21 Å². The minimum absolute atomic E-state index is 0.0103. The SMILES string of the molecule is O=S1C2CCC1CC(O)(c1cccc(F)c1F)C2. The topological polar surface area (TPSA) is 37.3 Å². The lowest BCUT2D eigenvalue weighted by Crippen LogP contribution is -2.41. The Hall–Kier alpha value is -0.810. The highest BCUT2D eigenvalue weighted by Gasteiger charge is 2.49. The van der Waals surface area contributed by atoms with Crippen LogP contribution in [0, 0.1) is 11.6 Å². The van der Waals surface area contributed by atoms with Gasteiger partial charge in [0, 0.05) is 26.9 Å². The van der Waals surface area contributed by atoms with Crippen LogP contribution in [0.25, 0.3) is 0 Å². The molecule has 1 aromatic rings. The van der Waals surface area contributed by atoms with E-state index in [1.165, 1.54) is 12.1 Å². The highest BCUT2D eigenvalue weighted by molar-refractivity contribution is 7.86. The van der Waals surface area contributed by atoms with Crippen molar-refractivity contribution in [1.82, 2.24) is 0 Å². The zero-order valence-corrected chi connectivity index (χ0v) is 10.6. The summed E-state index contributed by atoms with van der Waals surface area (Å²) in [4.78, 5) is 0. The molecule has 98 valence electrons. The van der Waals surface area contributed by atoms with Gasteiger partial charge in [0.1, 0.15) is 0 Å². The number of halogens is 2. The quantitative estimate of drug-likeness (QED) is 0.851. The Morgan fingerprint density at radius 2 is 1.83 bits per heavy atom. The number of rotatable bonds is 1. The first-order valence-corrected chi connectivity index (χ1v) is 7.35. The van der Waals surface area contributed by atoms with Crippen LogP contribution in [0.1, 0.15) is 31.2 Å². The van der Waals surface area contributed by atoms with Gasteiger partial charge in [-0.25, -0.2) is 8.78 Å². The van der Waals surface area contributed by atoms with Gasteiger partial charge in [-0.1, -0.05) is 12.1 Å². The summed E-state index contributed by atoms with van der Waals surface area (Å²) < 4.78 is 38.9. The maximum Gasteiger partial charge on any atom is 0.164 e. The summed E-state index contributed by atoms with van der Waals surface area (Å²) in [6.45, 7) is 0. The van der Waals surface area contributed by atoms with Crippen molar-refractivity contribution in [3.05, 3.63) is 35.4 Å². The summed E-state index contributed by atoms with van der Waals surface area (Å²) in [7, 11) is -0.927. The molecule has 2 heterocycles. The van der Waals surface area contributed by atoms with Crippen LogP contribution in [0.2, 0.25) is 0 Å². The van der Waals surface area contributed by atoms with Crippen molar-refractivity contribution in [3.63, 3.8) is 0 Å². The first-order chi connectivity index (χ1) is 8.51. The minimum atomic E-state index is -1.37. The molecule has 0 saturated carbocycles. The van der Waals surface area contributed by atoms with Gasteiger partial charge in [0.05, 0.1) is 5.60 Å². The molecular weight excluding hydrogens is 258 g/mol. The summed E-state index contributed by atoms with van der Waals surface area (Å²) in [5.41, 5.74) is -1.36. The third kappa shape index (κ3) is 1.72. The van der Waals surface area contributed by atoms with E-state index in [1.807, 2.05) is 0 Å². The van der Waals surface area contributed by atoms with Crippen molar-refractivity contribution in [3.8, 4) is 0 Å². The van der Waals surface area contributed by atoms with Gasteiger partial charge in [0.25, 0.3) is 0 Å². The maximum absolute atomic E-state index is 13.8. The van der Waals surface area contributed by atoms with Crippen LogP contribution in [-0.2, 0) is 16.4 Å². The molecular formula is C13H14F2O2S. The molecule has 2 atom stereocenters. The lowest BCUT2D eigenvalue weighted by Gasteiger charge is -2.36. The fourth-order valence-corrected chi connectivity index (χ4v) is 5.33. The van der Waals surface area contributed by atoms with E-state index in [9.17, 15) is 18.1 Å². The molecule has 18 heavy (non-hydrogen) atoms. The summed E-state index contributed by atoms with van der Waals surface area (Å²) in [5.74, 6) is -1.92. The number of fused-ring (bicyclic) bond motifs is 2. The maximum atomic E-state index is 13.8. The van der Waals surface area contributed by atoms with Gasteiger partial charge in [-0.2, -0.15) is 0 Å². The van der Waals surface area contributed by atoms with Crippen LogP contribution in [0.3, 0.4) is 0 Å². The molecule has 2 fully saturated rings. The molecule has 5 heteroatoms. The molecule has 0 aliphatic carbocycles. The molecule has 1 aromatic carbocycles. The Morgan fingerprint density at radius 3 is 2.44 bits per heavy atom. The van der Waals surface area contributed by atoms with Crippen molar-refractivity contribution in [2.45, 2.75) is 41.8 Å². The molecule has 1 N–H and O–H groups in total. The van der Waals surface area contributed by atoms with Gasteiger partial charge < -0.3 is 5.11 Å². The number of hydrogen-bond acceptors (Lipinski definition) is 2. The van der Waals surface area contributed by atoms with Crippen LogP contribution in [0.5, 0.6) is 0 Å². The van der Waals surface area contributed by atoms with Gasteiger partial charge in [0.15, 0.2) is 11.6 Å². The van der Waals surface area contributed by atoms with E-state index in [-0.39, 0.29) is 28.9 Å².